The Labute approximate surface area is 218 Å². The molecule has 2 heterocycles. The summed E-state index contributed by atoms with van der Waals surface area (Å²) >= 11 is 0. The third-order valence-corrected chi connectivity index (χ3v) is 10.2. The van der Waals surface area contributed by atoms with Crippen molar-refractivity contribution in [1.29, 1.82) is 0 Å². The fourth-order valence-electron chi connectivity index (χ4n) is 5.63. The van der Waals surface area contributed by atoms with E-state index in [0.29, 0.717) is 44.5 Å². The standard InChI is InChI=1S/C28H36FNO6S/c1-3-36-27(32)18-26(31)28(13-15-35-16-14-28)23-11-10-22(24(29)17-23)19-30-20(2)9-12-25(37(30,33)34)21-7-5-4-6-8-21/h4-8,10-11,17,20,25-26,31H,3,9,12-16,18-19H2,1-2H3/t20-,25+,26+/m0/s1. The fourth-order valence-corrected chi connectivity index (χ4v) is 7.82. The van der Waals surface area contributed by atoms with Gasteiger partial charge in [0.1, 0.15) is 11.1 Å². The molecular formula is C28H36FNO6S. The van der Waals surface area contributed by atoms with Crippen LogP contribution in [0.15, 0.2) is 48.5 Å². The Bertz CT molecular complexity index is 1180. The van der Waals surface area contributed by atoms with E-state index in [0.717, 1.165) is 5.56 Å². The summed E-state index contributed by atoms with van der Waals surface area (Å²) in [5, 5.41) is 10.4. The average Bonchev–Trinajstić information content (AvgIpc) is 2.88. The molecule has 0 bridgehead atoms. The summed E-state index contributed by atoms with van der Waals surface area (Å²) in [5.41, 5.74) is 0.737. The Kier molecular flexibility index (Phi) is 8.68. The third-order valence-electron chi connectivity index (χ3n) is 7.84. The molecule has 0 amide bonds. The molecule has 2 aliphatic heterocycles. The lowest BCUT2D eigenvalue weighted by atomic mass is 9.69. The van der Waals surface area contributed by atoms with Crippen LogP contribution in [0.1, 0.15) is 67.9 Å². The van der Waals surface area contributed by atoms with Crippen molar-refractivity contribution in [2.45, 2.75) is 75.3 Å². The van der Waals surface area contributed by atoms with Crippen LogP contribution in [-0.2, 0) is 36.3 Å². The summed E-state index contributed by atoms with van der Waals surface area (Å²) in [6.07, 6.45) is 0.818. The predicted octanol–water partition coefficient (Wildman–Crippen LogP) is 4.24. The van der Waals surface area contributed by atoms with Gasteiger partial charge in [0.2, 0.25) is 10.0 Å². The molecule has 0 aromatic heterocycles. The van der Waals surface area contributed by atoms with Crippen LogP contribution in [0.25, 0.3) is 0 Å². The molecule has 0 radical (unpaired) electrons. The van der Waals surface area contributed by atoms with Gasteiger partial charge < -0.3 is 14.6 Å². The minimum absolute atomic E-state index is 0.0690. The Morgan fingerprint density at radius 1 is 1.19 bits per heavy atom. The van der Waals surface area contributed by atoms with Crippen molar-refractivity contribution in [3.8, 4) is 0 Å². The van der Waals surface area contributed by atoms with E-state index in [1.54, 1.807) is 19.1 Å². The van der Waals surface area contributed by atoms with E-state index in [9.17, 15) is 18.3 Å². The zero-order valence-corrected chi connectivity index (χ0v) is 22.3. The lowest BCUT2D eigenvalue weighted by Crippen LogP contribution is -2.46. The quantitative estimate of drug-likeness (QED) is 0.510. The number of halogens is 1. The van der Waals surface area contributed by atoms with Crippen LogP contribution < -0.4 is 0 Å². The number of aliphatic hydroxyl groups is 1. The van der Waals surface area contributed by atoms with Crippen LogP contribution in [0.5, 0.6) is 0 Å². The maximum Gasteiger partial charge on any atom is 0.308 e. The number of sulfonamides is 1. The minimum Gasteiger partial charge on any atom is -0.466 e. The largest absolute Gasteiger partial charge is 0.466 e. The van der Waals surface area contributed by atoms with E-state index in [2.05, 4.69) is 0 Å². The highest BCUT2D eigenvalue weighted by Crippen LogP contribution is 2.41. The average molecular weight is 534 g/mol. The zero-order valence-electron chi connectivity index (χ0n) is 21.4. The summed E-state index contributed by atoms with van der Waals surface area (Å²) < 4.78 is 54.6. The van der Waals surface area contributed by atoms with E-state index >= 15 is 4.39 Å². The van der Waals surface area contributed by atoms with Crippen molar-refractivity contribution < 1.29 is 32.2 Å². The second-order valence-electron chi connectivity index (χ2n) is 10.0. The highest BCUT2D eigenvalue weighted by Gasteiger charge is 2.43. The minimum atomic E-state index is -3.70. The highest BCUT2D eigenvalue weighted by molar-refractivity contribution is 7.89. The lowest BCUT2D eigenvalue weighted by molar-refractivity contribution is -0.147. The second kappa shape index (κ2) is 11.6. The van der Waals surface area contributed by atoms with Crippen molar-refractivity contribution in [3.63, 3.8) is 0 Å². The number of hydrogen-bond donors (Lipinski definition) is 1. The Hall–Kier alpha value is -2.33. The maximum atomic E-state index is 15.5. The molecule has 1 N–H and O–H groups in total. The number of benzene rings is 2. The predicted molar refractivity (Wildman–Crippen MR) is 138 cm³/mol. The number of esters is 1. The van der Waals surface area contributed by atoms with E-state index < -0.39 is 38.6 Å². The maximum absolute atomic E-state index is 15.5. The second-order valence-corrected chi connectivity index (χ2v) is 12.1. The first-order valence-corrected chi connectivity index (χ1v) is 14.5. The van der Waals surface area contributed by atoms with Crippen molar-refractivity contribution in [2.75, 3.05) is 19.8 Å². The summed E-state index contributed by atoms with van der Waals surface area (Å²) in [6.45, 7) is 4.47. The van der Waals surface area contributed by atoms with Crippen LogP contribution in [0, 0.1) is 5.82 Å². The van der Waals surface area contributed by atoms with Crippen LogP contribution in [-0.4, -0.2) is 55.8 Å². The molecule has 0 saturated carbocycles. The molecule has 0 aliphatic carbocycles. The number of aliphatic hydroxyl groups excluding tert-OH is 1. The van der Waals surface area contributed by atoms with E-state index in [1.165, 1.54) is 10.4 Å². The Morgan fingerprint density at radius 3 is 2.54 bits per heavy atom. The van der Waals surface area contributed by atoms with Crippen molar-refractivity contribution >= 4 is 16.0 Å². The smallest absolute Gasteiger partial charge is 0.308 e. The van der Waals surface area contributed by atoms with Gasteiger partial charge in [0.25, 0.3) is 0 Å². The summed E-state index contributed by atoms with van der Waals surface area (Å²) in [6, 6.07) is 13.6. The van der Waals surface area contributed by atoms with Gasteiger partial charge in [-0.2, -0.15) is 4.31 Å². The molecule has 0 spiro atoms. The van der Waals surface area contributed by atoms with Gasteiger partial charge >= 0.3 is 5.97 Å². The molecule has 202 valence electrons. The molecular weight excluding hydrogens is 497 g/mol. The summed E-state index contributed by atoms with van der Waals surface area (Å²) in [7, 11) is -3.70. The van der Waals surface area contributed by atoms with Gasteiger partial charge in [-0.25, -0.2) is 12.8 Å². The van der Waals surface area contributed by atoms with Gasteiger partial charge in [-0.1, -0.05) is 42.5 Å². The number of carbonyl (C=O) groups is 1. The van der Waals surface area contributed by atoms with Crippen LogP contribution in [0.3, 0.4) is 0 Å². The lowest BCUT2D eigenvalue weighted by Gasteiger charge is -2.41. The topological polar surface area (TPSA) is 93.1 Å². The summed E-state index contributed by atoms with van der Waals surface area (Å²) in [4.78, 5) is 12.1. The van der Waals surface area contributed by atoms with E-state index in [4.69, 9.17) is 9.47 Å². The van der Waals surface area contributed by atoms with E-state index in [1.807, 2.05) is 37.3 Å². The first-order valence-electron chi connectivity index (χ1n) is 12.9. The van der Waals surface area contributed by atoms with Crippen molar-refractivity contribution in [1.82, 2.24) is 4.31 Å². The summed E-state index contributed by atoms with van der Waals surface area (Å²) in [5.74, 6) is -1.04. The van der Waals surface area contributed by atoms with Crippen LogP contribution in [0.4, 0.5) is 4.39 Å². The van der Waals surface area contributed by atoms with Gasteiger partial charge in [0.15, 0.2) is 0 Å². The number of hydrogen-bond acceptors (Lipinski definition) is 6. The first kappa shape index (κ1) is 27.7. The van der Waals surface area contributed by atoms with Gasteiger partial charge in [-0.05, 0) is 56.7 Å². The monoisotopic (exact) mass is 533 g/mol. The molecule has 4 rings (SSSR count). The molecule has 2 aromatic rings. The number of carbonyl (C=O) groups excluding carboxylic acids is 1. The number of nitrogens with zero attached hydrogens (tertiary/aromatic N) is 1. The molecule has 7 nitrogen and oxygen atoms in total. The van der Waals surface area contributed by atoms with Crippen LogP contribution >= 0.6 is 0 Å². The molecule has 2 aliphatic rings. The SMILES string of the molecule is CCOC(=O)C[C@@H](O)C1(c2ccc(CN3[C@@H](C)CC[C@H](c4ccccc4)S3(=O)=O)c(F)c2)CCOCC1. The zero-order chi connectivity index (χ0) is 26.6. The Morgan fingerprint density at radius 2 is 1.89 bits per heavy atom. The molecule has 2 fully saturated rings. The molecule has 2 aromatic carbocycles. The first-order chi connectivity index (χ1) is 17.7. The molecule has 9 heteroatoms. The van der Waals surface area contributed by atoms with Crippen molar-refractivity contribution in [3.05, 3.63) is 71.0 Å². The van der Waals surface area contributed by atoms with Gasteiger partial charge in [0, 0.05) is 36.8 Å². The highest BCUT2D eigenvalue weighted by atomic mass is 32.2. The third kappa shape index (κ3) is 5.74. The molecule has 0 unspecified atom stereocenters. The number of ether oxygens (including phenoxy) is 2. The van der Waals surface area contributed by atoms with Gasteiger partial charge in [-0.15, -0.1) is 0 Å². The van der Waals surface area contributed by atoms with Crippen LogP contribution in [0.2, 0.25) is 0 Å². The van der Waals surface area contributed by atoms with Gasteiger partial charge in [-0.3, -0.25) is 4.79 Å². The normalized spacial score (nSPS) is 24.3. The Balaban J connectivity index is 1.60. The molecule has 2 saturated heterocycles. The molecule has 3 atom stereocenters. The fraction of sp³-hybridized carbons (Fsp3) is 0.536. The van der Waals surface area contributed by atoms with Crippen molar-refractivity contribution in [2.24, 2.45) is 0 Å². The van der Waals surface area contributed by atoms with Gasteiger partial charge in [0.05, 0.1) is 19.1 Å². The number of rotatable bonds is 8. The van der Waals surface area contributed by atoms with E-state index in [-0.39, 0.29) is 31.2 Å². The molecule has 37 heavy (non-hydrogen) atoms.